The minimum atomic E-state index is -0.440. The molecule has 0 bridgehead atoms. The summed E-state index contributed by atoms with van der Waals surface area (Å²) in [5.74, 6) is 1.04. The summed E-state index contributed by atoms with van der Waals surface area (Å²) in [7, 11) is 0. The Hall–Kier alpha value is -3.09. The van der Waals surface area contributed by atoms with E-state index in [2.05, 4.69) is 5.16 Å². The molecule has 2 aromatic rings. The van der Waals surface area contributed by atoms with Gasteiger partial charge in [-0.25, -0.2) is 0 Å². The van der Waals surface area contributed by atoms with Crippen LogP contribution in [0.3, 0.4) is 0 Å². The van der Waals surface area contributed by atoms with Gasteiger partial charge in [-0.2, -0.15) is 0 Å². The van der Waals surface area contributed by atoms with Gasteiger partial charge in [0.05, 0.1) is 4.92 Å². The highest BCUT2D eigenvalue weighted by molar-refractivity contribution is 5.97. The molecule has 0 unspecified atom stereocenters. The van der Waals surface area contributed by atoms with Crippen molar-refractivity contribution < 1.29 is 14.9 Å². The van der Waals surface area contributed by atoms with Gasteiger partial charge in [0.2, 0.25) is 0 Å². The standard InChI is InChI=1S/C14H13N3O4/c1-9-8-12(6-7-13(9)17(19)20)21-11-4-2-10(3-5-11)14(15)16-18/h2-8,18H,1H3,(H2,15,16). The van der Waals surface area contributed by atoms with Crippen LogP contribution in [0.5, 0.6) is 11.5 Å². The van der Waals surface area contributed by atoms with Crippen molar-refractivity contribution in [2.24, 2.45) is 10.9 Å². The lowest BCUT2D eigenvalue weighted by Crippen LogP contribution is -2.12. The Labute approximate surface area is 120 Å². The number of nitrogens with zero attached hydrogens (tertiary/aromatic N) is 2. The minimum absolute atomic E-state index is 0.00716. The van der Waals surface area contributed by atoms with Crippen LogP contribution in [0.25, 0.3) is 0 Å². The van der Waals surface area contributed by atoms with Crippen molar-refractivity contribution in [1.29, 1.82) is 0 Å². The maximum atomic E-state index is 10.7. The van der Waals surface area contributed by atoms with E-state index in [1.54, 1.807) is 37.3 Å². The maximum Gasteiger partial charge on any atom is 0.272 e. The fourth-order valence-corrected chi connectivity index (χ4v) is 1.78. The summed E-state index contributed by atoms with van der Waals surface area (Å²) in [6, 6.07) is 11.1. The Kier molecular flexibility index (Phi) is 4.03. The number of amidine groups is 1. The summed E-state index contributed by atoms with van der Waals surface area (Å²) in [5.41, 5.74) is 6.58. The lowest BCUT2D eigenvalue weighted by molar-refractivity contribution is -0.385. The fraction of sp³-hybridized carbons (Fsp3) is 0.0714. The van der Waals surface area contributed by atoms with Crippen LogP contribution in [-0.4, -0.2) is 16.0 Å². The molecule has 108 valence electrons. The minimum Gasteiger partial charge on any atom is -0.457 e. The second kappa shape index (κ2) is 5.91. The number of hydrogen-bond acceptors (Lipinski definition) is 5. The quantitative estimate of drug-likeness (QED) is 0.295. The average Bonchev–Trinajstić information content (AvgIpc) is 2.47. The third-order valence-corrected chi connectivity index (χ3v) is 2.86. The maximum absolute atomic E-state index is 10.7. The first kappa shape index (κ1) is 14.3. The van der Waals surface area contributed by atoms with Crippen LogP contribution in [0.15, 0.2) is 47.6 Å². The van der Waals surface area contributed by atoms with Crippen LogP contribution < -0.4 is 10.5 Å². The SMILES string of the molecule is Cc1cc(Oc2ccc(/C(N)=N/O)cc2)ccc1[N+](=O)[O-]. The van der Waals surface area contributed by atoms with Gasteiger partial charge in [0.25, 0.3) is 5.69 Å². The zero-order chi connectivity index (χ0) is 15.4. The van der Waals surface area contributed by atoms with Gasteiger partial charge in [-0.05, 0) is 43.3 Å². The molecule has 2 rings (SSSR count). The first-order valence-corrected chi connectivity index (χ1v) is 6.02. The molecular weight excluding hydrogens is 274 g/mol. The van der Waals surface area contributed by atoms with Crippen LogP contribution in [0.2, 0.25) is 0 Å². The highest BCUT2D eigenvalue weighted by Gasteiger charge is 2.11. The van der Waals surface area contributed by atoms with Crippen LogP contribution in [0.4, 0.5) is 5.69 Å². The lowest BCUT2D eigenvalue weighted by atomic mass is 10.2. The van der Waals surface area contributed by atoms with E-state index in [1.165, 1.54) is 12.1 Å². The Bertz CT molecular complexity index is 696. The van der Waals surface area contributed by atoms with E-state index in [0.29, 0.717) is 22.6 Å². The van der Waals surface area contributed by atoms with Gasteiger partial charge in [0, 0.05) is 17.2 Å². The van der Waals surface area contributed by atoms with Gasteiger partial charge in [-0.1, -0.05) is 5.16 Å². The molecular formula is C14H13N3O4. The van der Waals surface area contributed by atoms with Crippen molar-refractivity contribution in [2.75, 3.05) is 0 Å². The Morgan fingerprint density at radius 2 is 1.86 bits per heavy atom. The second-order valence-corrected chi connectivity index (χ2v) is 4.32. The number of benzene rings is 2. The van der Waals surface area contributed by atoms with Gasteiger partial charge >= 0.3 is 0 Å². The van der Waals surface area contributed by atoms with E-state index in [0.717, 1.165) is 0 Å². The molecule has 0 saturated heterocycles. The monoisotopic (exact) mass is 287 g/mol. The summed E-state index contributed by atoms with van der Waals surface area (Å²) >= 11 is 0. The highest BCUT2D eigenvalue weighted by atomic mass is 16.6. The van der Waals surface area contributed by atoms with Crippen molar-refractivity contribution in [3.8, 4) is 11.5 Å². The molecule has 0 aliphatic carbocycles. The summed E-state index contributed by atoms with van der Waals surface area (Å²) in [5, 5.41) is 22.2. The molecule has 0 aliphatic heterocycles. The summed E-state index contributed by atoms with van der Waals surface area (Å²) in [6.07, 6.45) is 0. The van der Waals surface area contributed by atoms with E-state index in [4.69, 9.17) is 15.7 Å². The van der Waals surface area contributed by atoms with Gasteiger partial charge in [-0.15, -0.1) is 0 Å². The van der Waals surface area contributed by atoms with Crippen LogP contribution in [0.1, 0.15) is 11.1 Å². The first-order valence-electron chi connectivity index (χ1n) is 6.02. The third kappa shape index (κ3) is 3.27. The van der Waals surface area contributed by atoms with Crippen molar-refractivity contribution in [1.82, 2.24) is 0 Å². The van der Waals surface area contributed by atoms with Gasteiger partial charge in [0.1, 0.15) is 11.5 Å². The van der Waals surface area contributed by atoms with Crippen molar-refractivity contribution in [2.45, 2.75) is 6.92 Å². The Morgan fingerprint density at radius 3 is 2.38 bits per heavy atom. The number of nitro benzene ring substituents is 1. The molecule has 21 heavy (non-hydrogen) atoms. The summed E-state index contributed by atoms with van der Waals surface area (Å²) in [6.45, 7) is 1.65. The largest absolute Gasteiger partial charge is 0.457 e. The lowest BCUT2D eigenvalue weighted by Gasteiger charge is -2.07. The highest BCUT2D eigenvalue weighted by Crippen LogP contribution is 2.27. The number of nitrogens with two attached hydrogens (primary N) is 1. The fourth-order valence-electron chi connectivity index (χ4n) is 1.78. The van der Waals surface area contributed by atoms with E-state index >= 15 is 0 Å². The zero-order valence-electron chi connectivity index (χ0n) is 11.2. The molecule has 0 spiro atoms. The van der Waals surface area contributed by atoms with E-state index in [-0.39, 0.29) is 11.5 Å². The summed E-state index contributed by atoms with van der Waals surface area (Å²) < 4.78 is 5.60. The van der Waals surface area contributed by atoms with Gasteiger partial charge in [0.15, 0.2) is 5.84 Å². The van der Waals surface area contributed by atoms with Gasteiger partial charge < -0.3 is 15.7 Å². The molecule has 0 radical (unpaired) electrons. The molecule has 0 aliphatic rings. The predicted octanol–water partition coefficient (Wildman–Crippen LogP) is 2.79. The molecule has 0 atom stereocenters. The molecule has 0 aromatic heterocycles. The first-order chi connectivity index (χ1) is 10.0. The van der Waals surface area contributed by atoms with E-state index < -0.39 is 4.92 Å². The van der Waals surface area contributed by atoms with Crippen LogP contribution >= 0.6 is 0 Å². The number of nitro groups is 1. The predicted molar refractivity (Wildman–Crippen MR) is 76.9 cm³/mol. The number of oxime groups is 1. The van der Waals surface area contributed by atoms with E-state index in [1.807, 2.05) is 0 Å². The second-order valence-electron chi connectivity index (χ2n) is 4.32. The molecule has 2 aromatic carbocycles. The van der Waals surface area contributed by atoms with Crippen molar-refractivity contribution in [3.05, 3.63) is 63.7 Å². The molecule has 0 heterocycles. The Balaban J connectivity index is 2.19. The molecule has 7 heteroatoms. The van der Waals surface area contributed by atoms with Crippen LogP contribution in [-0.2, 0) is 0 Å². The number of aryl methyl sites for hydroxylation is 1. The summed E-state index contributed by atoms with van der Waals surface area (Å²) in [4.78, 5) is 10.3. The van der Waals surface area contributed by atoms with Crippen molar-refractivity contribution >= 4 is 11.5 Å². The third-order valence-electron chi connectivity index (χ3n) is 2.86. The molecule has 3 N–H and O–H groups in total. The molecule has 7 nitrogen and oxygen atoms in total. The smallest absolute Gasteiger partial charge is 0.272 e. The van der Waals surface area contributed by atoms with Gasteiger partial charge in [-0.3, -0.25) is 10.1 Å². The number of hydrogen-bond donors (Lipinski definition) is 2. The topological polar surface area (TPSA) is 111 Å². The number of rotatable bonds is 4. The average molecular weight is 287 g/mol. The molecule has 0 fully saturated rings. The zero-order valence-corrected chi connectivity index (χ0v) is 11.2. The normalized spacial score (nSPS) is 11.2. The van der Waals surface area contributed by atoms with Crippen LogP contribution in [0, 0.1) is 17.0 Å². The number of ether oxygens (including phenoxy) is 1. The Morgan fingerprint density at radius 1 is 1.24 bits per heavy atom. The molecule has 0 amide bonds. The molecule has 0 saturated carbocycles. The van der Waals surface area contributed by atoms with E-state index in [9.17, 15) is 10.1 Å². The van der Waals surface area contributed by atoms with Crippen molar-refractivity contribution in [3.63, 3.8) is 0 Å².